The van der Waals surface area contributed by atoms with Crippen molar-refractivity contribution in [2.24, 2.45) is 0 Å². The number of hydrogen-bond acceptors (Lipinski definition) is 24. The van der Waals surface area contributed by atoms with Crippen molar-refractivity contribution >= 4 is 170 Å². The highest BCUT2D eigenvalue weighted by Gasteiger charge is 2.44. The van der Waals surface area contributed by atoms with Gasteiger partial charge in [0.05, 0.1) is 62.0 Å². The molecule has 37 heteroatoms. The second-order valence-electron chi connectivity index (χ2n) is 26.5. The van der Waals surface area contributed by atoms with E-state index in [0.717, 1.165) is 33.6 Å². The molecule has 7 aromatic carbocycles. The summed E-state index contributed by atoms with van der Waals surface area (Å²) in [6.07, 6.45) is 4.26. The summed E-state index contributed by atoms with van der Waals surface area (Å²) in [6.45, 7) is 8.30. The van der Waals surface area contributed by atoms with Crippen LogP contribution >= 0.6 is 80.4 Å². The Morgan fingerprint density at radius 1 is 0.438 bits per heavy atom. The van der Waals surface area contributed by atoms with Gasteiger partial charge >= 0.3 is 0 Å². The van der Waals surface area contributed by atoms with Crippen LogP contribution in [-0.2, 0) is 89.4 Å². The Hall–Kier alpha value is -7.65. The van der Waals surface area contributed by atoms with Crippen molar-refractivity contribution in [2.75, 3.05) is 77.4 Å². The van der Waals surface area contributed by atoms with Gasteiger partial charge in [-0.3, -0.25) is 28.4 Å². The van der Waals surface area contributed by atoms with Gasteiger partial charge in [-0.15, -0.1) is 37.7 Å². The molecule has 5 saturated heterocycles. The largest absolute Gasteiger partial charge is 0.371 e. The number of sulfone groups is 2. The van der Waals surface area contributed by atoms with E-state index in [9.17, 15) is 56.5 Å². The van der Waals surface area contributed by atoms with Gasteiger partial charge in [0.2, 0.25) is 16.9 Å². The number of ether oxygens (including phenoxy) is 2. The first-order valence-electron chi connectivity index (χ1n) is 34.8. The molecule has 10 aromatic rings. The summed E-state index contributed by atoms with van der Waals surface area (Å²) >= 11 is 28.1. The third-order valence-corrected chi connectivity index (χ3v) is 31.6. The number of benzene rings is 7. The normalized spacial score (nSPS) is 19.5. The Bertz CT molecular complexity index is 5410. The Morgan fingerprint density at radius 2 is 0.795 bits per heavy atom. The Kier molecular flexibility index (Phi) is 25.6. The molecule has 5 atom stereocenters. The van der Waals surface area contributed by atoms with Crippen LogP contribution in [0.25, 0.3) is 0 Å². The van der Waals surface area contributed by atoms with Crippen molar-refractivity contribution in [1.29, 1.82) is 0 Å². The van der Waals surface area contributed by atoms with Crippen LogP contribution in [0.1, 0.15) is 63.7 Å². The van der Waals surface area contributed by atoms with Crippen LogP contribution in [0.2, 0.25) is 20.1 Å². The molecule has 3 amide bonds. The van der Waals surface area contributed by atoms with Crippen LogP contribution in [0, 0.1) is 13.8 Å². The predicted molar refractivity (Wildman–Crippen MR) is 431 cm³/mol. The van der Waals surface area contributed by atoms with Crippen LogP contribution in [0.15, 0.2) is 217 Å². The van der Waals surface area contributed by atoms with Crippen molar-refractivity contribution in [3.63, 3.8) is 0 Å². The maximum atomic E-state index is 13.7. The smallest absolute Gasteiger partial charge is 0.297 e. The molecule has 8 heterocycles. The maximum absolute atomic E-state index is 13.7. The molecule has 0 saturated carbocycles. The van der Waals surface area contributed by atoms with Gasteiger partial charge in [0.25, 0.3) is 36.1 Å². The minimum Gasteiger partial charge on any atom is -0.371 e. The summed E-state index contributed by atoms with van der Waals surface area (Å²) in [7, 11) is -20.4. The number of thiazole rings is 3. The summed E-state index contributed by atoms with van der Waals surface area (Å²) in [4.78, 5) is 60.6. The summed E-state index contributed by atoms with van der Waals surface area (Å²) in [5.41, 5.74) is 5.12. The average molecular weight is 1750 g/mol. The van der Waals surface area contributed by atoms with E-state index in [0.29, 0.717) is 116 Å². The molecule has 5 aliphatic heterocycles. The molecule has 5 aliphatic rings. The standard InChI is InChI=1S/C27H25N3O8S4.2C24H23Cl2N3O4S2/c1-19-3-9-22(10-4-19)40(32,33)30(27-28-16-18-39-27)41(34,35)23-13-7-21(8-14-23)29-17-15-25(26(29)31)38-42(36,37)24-11-5-20(2)6-12-24;2*25-17-11-16(12-18(26)13-17)22-14-28(8-9-33-22)21-5-7-29(24(21)30)19-1-3-20(4-2-19)35(31,32)15-23-27-6-10-34-23/h3-14,16,18,25H,15,17H2,1-2H3;2*1-4,6,10-13,21-22H,5,7-9,14-15H2/t25-;21-,22+;21-,22-/m100/s1. The Labute approximate surface area is 680 Å². The molecule has 0 radical (unpaired) electrons. The van der Waals surface area contributed by atoms with Crippen LogP contribution in [0.3, 0.4) is 0 Å². The summed E-state index contributed by atoms with van der Waals surface area (Å²) in [5, 5.41) is 8.01. The van der Waals surface area contributed by atoms with Gasteiger partial charge in [0.15, 0.2) is 25.8 Å². The number of morpholine rings is 2. The minimum absolute atomic E-state index is 0.00756. The van der Waals surface area contributed by atoms with Crippen LogP contribution < -0.4 is 18.4 Å². The van der Waals surface area contributed by atoms with Crippen molar-refractivity contribution in [3.05, 3.63) is 245 Å². The number of carbonyl (C=O) groups is 3. The molecule has 112 heavy (non-hydrogen) atoms. The van der Waals surface area contributed by atoms with Crippen molar-refractivity contribution < 1.29 is 70.1 Å². The lowest BCUT2D eigenvalue weighted by atomic mass is 10.1. The fourth-order valence-electron chi connectivity index (χ4n) is 13.4. The van der Waals surface area contributed by atoms with Gasteiger partial charge in [-0.2, -0.15) is 25.3 Å². The second kappa shape index (κ2) is 34.8. The lowest BCUT2D eigenvalue weighted by molar-refractivity contribution is -0.125. The number of halogens is 4. The molecule has 0 bridgehead atoms. The highest BCUT2D eigenvalue weighted by atomic mass is 35.5. The number of carbonyl (C=O) groups excluding carboxylic acids is 3. The molecule has 5 fully saturated rings. The molecule has 15 rings (SSSR count). The molecule has 25 nitrogen and oxygen atoms in total. The molecular weight excluding hydrogens is 1680 g/mol. The van der Waals surface area contributed by atoms with E-state index in [1.807, 2.05) is 31.2 Å². The van der Waals surface area contributed by atoms with Gasteiger partial charge in [0.1, 0.15) is 21.5 Å². The zero-order valence-electron chi connectivity index (χ0n) is 59.6. The number of rotatable bonds is 21. The van der Waals surface area contributed by atoms with Crippen LogP contribution in [0.4, 0.5) is 22.2 Å². The number of amides is 3. The topological polar surface area (TPSA) is 308 Å². The zero-order chi connectivity index (χ0) is 79.4. The zero-order valence-corrected chi connectivity index (χ0v) is 69.2. The highest BCUT2D eigenvalue weighted by molar-refractivity contribution is 8.10. The Morgan fingerprint density at radius 3 is 1.18 bits per heavy atom. The lowest BCUT2D eigenvalue weighted by Crippen LogP contribution is -2.48. The first-order chi connectivity index (χ1) is 53.4. The van der Waals surface area contributed by atoms with Crippen LogP contribution in [0.5, 0.6) is 0 Å². The number of aryl methyl sites for hydroxylation is 2. The van der Waals surface area contributed by atoms with Gasteiger partial charge in [-0.1, -0.05) is 81.8 Å². The van der Waals surface area contributed by atoms with Crippen molar-refractivity contribution in [1.82, 2.24) is 24.8 Å². The number of sulfonamides is 2. The average Bonchev–Trinajstić information content (AvgIpc) is 1.09. The third-order valence-electron chi connectivity index (χ3n) is 19.0. The fourth-order valence-corrected chi connectivity index (χ4v) is 24.8. The molecule has 0 spiro atoms. The molecule has 588 valence electrons. The quantitative estimate of drug-likeness (QED) is 0.0603. The van der Waals surface area contributed by atoms with E-state index in [1.54, 1.807) is 125 Å². The first kappa shape index (κ1) is 82.3. The Balaban J connectivity index is 0.000000148. The number of hydrogen-bond donors (Lipinski definition) is 0. The highest BCUT2D eigenvalue weighted by Crippen LogP contribution is 2.38. The van der Waals surface area contributed by atoms with E-state index in [2.05, 4.69) is 24.8 Å². The van der Waals surface area contributed by atoms with E-state index in [4.69, 9.17) is 60.1 Å². The molecular formula is C75H71Cl4N9O16S8. The number of nitrogens with zero attached hydrogens (tertiary/aromatic N) is 9. The first-order valence-corrected chi connectivity index (χ1v) is 46.5. The predicted octanol–water partition coefficient (Wildman–Crippen LogP) is 13.1. The number of aromatic nitrogens is 3. The van der Waals surface area contributed by atoms with E-state index < -0.39 is 61.9 Å². The summed E-state index contributed by atoms with van der Waals surface area (Å²) < 4.78 is 148. The van der Waals surface area contributed by atoms with Crippen molar-refractivity contribution in [3.8, 4) is 0 Å². The fraction of sp³-hybridized carbons (Fsp3) is 0.280. The van der Waals surface area contributed by atoms with Gasteiger partial charge in [0, 0.05) is 124 Å². The summed E-state index contributed by atoms with van der Waals surface area (Å²) in [5.74, 6) is -0.857. The third kappa shape index (κ3) is 19.0. The van der Waals surface area contributed by atoms with E-state index in [1.165, 1.54) is 87.7 Å². The van der Waals surface area contributed by atoms with Gasteiger partial charge in [-0.05, 0) is 171 Å². The second-order valence-corrected chi connectivity index (χ2v) is 40.5. The van der Waals surface area contributed by atoms with Gasteiger partial charge < -0.3 is 24.2 Å². The van der Waals surface area contributed by atoms with Gasteiger partial charge in [-0.25, -0.2) is 31.8 Å². The molecule has 0 unspecified atom stereocenters. The van der Waals surface area contributed by atoms with Crippen LogP contribution in [-0.4, -0.2) is 162 Å². The SMILES string of the molecule is Cc1ccc(S(=O)(=O)O[C@@H]2CCN(c3ccc(S(=O)(=O)N(c4nccs4)S(=O)(=O)c4ccc(C)cc4)cc3)C2=O)cc1.O=C1[C@@H](N2CCO[C@@H](c3cc(Cl)cc(Cl)c3)C2)CCN1c1ccc(S(=O)(=O)Cc2nccs2)cc1.O=C1[C@@H](N2CCO[C@H](c3cc(Cl)cc(Cl)c3)C2)CCN1c1ccc(S(=O)(=O)Cc2nccs2)cc1. The monoisotopic (exact) mass is 1750 g/mol. The van der Waals surface area contributed by atoms with E-state index in [-0.39, 0.29) is 90.2 Å². The molecule has 0 aliphatic carbocycles. The lowest BCUT2D eigenvalue weighted by Gasteiger charge is -2.36. The molecule has 3 aromatic heterocycles. The van der Waals surface area contributed by atoms with Crippen molar-refractivity contribution in [2.45, 2.75) is 99.5 Å². The van der Waals surface area contributed by atoms with E-state index >= 15 is 0 Å². The summed E-state index contributed by atoms with van der Waals surface area (Å²) in [6, 6.07) is 40.1. The minimum atomic E-state index is -4.68. The number of anilines is 4. The maximum Gasteiger partial charge on any atom is 0.297 e. The molecule has 0 N–H and O–H groups in total.